The number of hydrogen-bond donors (Lipinski definition) is 0. The minimum absolute atomic E-state index is 0.146. The number of benzene rings is 21. The minimum atomic E-state index is -0.658. The Morgan fingerprint density at radius 2 is 0.519 bits per heavy atom. The summed E-state index contributed by atoms with van der Waals surface area (Å²) < 4.78 is 0. The molecule has 21 aromatic rings. The van der Waals surface area contributed by atoms with Crippen LogP contribution in [0.5, 0.6) is 0 Å². The van der Waals surface area contributed by atoms with E-state index in [1.807, 2.05) is 0 Å². The van der Waals surface area contributed by atoms with E-state index in [4.69, 9.17) is 0 Å². The van der Waals surface area contributed by atoms with Gasteiger partial charge in [-0.1, -0.05) is 445 Å². The standard InChI is InChI=1S/C129H92N2/c1-127(2)117-59-24-20-53-111(117)115-83-97(76-79-118(115)127)131(96-74-69-91(70-75-96)101-57-34-58-105-100-44-11-10-40-90(100)71-78-110(101)105)126-66-31-23-56-114(126)109-52-19-17-50-107(109)104-48-15-13-46-102(104)94-43-32-35-86(81-94)85-128(3)121-61-26-28-63-123(121)129(124-64-29-27-62-122(124)128)119-60-25-21-54-112(119)116-84-98(77-80-120(116)129)130(95-72-67-88(68-73-95)93-42-33-41-92(82-93)87-36-6-4-7-37-87)125-65-30-22-55-113(125)108-51-18-16-49-106(108)103-47-14-12-45-99(103)89-38-8-5-9-39-89/h4-84H,85H2,1-3H3. The van der Waals surface area contributed by atoms with Gasteiger partial charge in [-0.05, 0) is 256 Å². The van der Waals surface area contributed by atoms with Crippen molar-refractivity contribution in [2.24, 2.45) is 0 Å². The van der Waals surface area contributed by atoms with E-state index >= 15 is 0 Å². The Balaban J connectivity index is 0.602. The van der Waals surface area contributed by atoms with Crippen LogP contribution in [-0.2, 0) is 22.7 Å². The van der Waals surface area contributed by atoms with Gasteiger partial charge in [0.15, 0.2) is 0 Å². The maximum absolute atomic E-state index is 2.52. The number of nitrogens with zero attached hydrogens (tertiary/aromatic N) is 2. The quantitative estimate of drug-likeness (QED) is 0.0839. The summed E-state index contributed by atoms with van der Waals surface area (Å²) >= 11 is 0. The van der Waals surface area contributed by atoms with Crippen LogP contribution in [0.3, 0.4) is 0 Å². The van der Waals surface area contributed by atoms with Crippen molar-refractivity contribution in [3.63, 3.8) is 0 Å². The molecular weight excluding hydrogens is 1580 g/mol. The van der Waals surface area contributed by atoms with Crippen molar-refractivity contribution in [3.05, 3.63) is 541 Å². The van der Waals surface area contributed by atoms with Crippen LogP contribution in [0.2, 0.25) is 0 Å². The van der Waals surface area contributed by atoms with Crippen LogP contribution in [0.1, 0.15) is 70.8 Å². The maximum atomic E-state index is 2.52. The predicted molar refractivity (Wildman–Crippen MR) is 551 cm³/mol. The van der Waals surface area contributed by atoms with Gasteiger partial charge in [0.2, 0.25) is 0 Å². The average molecular weight is 1670 g/mol. The van der Waals surface area contributed by atoms with E-state index in [9.17, 15) is 0 Å². The van der Waals surface area contributed by atoms with Crippen LogP contribution in [-0.4, -0.2) is 0 Å². The van der Waals surface area contributed by atoms with Crippen LogP contribution in [0, 0.1) is 0 Å². The molecule has 24 rings (SSSR count). The molecule has 21 aromatic carbocycles. The molecule has 0 aromatic heterocycles. The summed E-state index contributed by atoms with van der Waals surface area (Å²) in [5.74, 6) is 0. The highest BCUT2D eigenvalue weighted by Gasteiger charge is 2.54. The third-order valence-corrected chi connectivity index (χ3v) is 28.7. The molecule has 2 heteroatoms. The van der Waals surface area contributed by atoms with E-state index in [0.717, 1.165) is 73.9 Å². The first kappa shape index (κ1) is 78.2. The Bertz CT molecular complexity index is 8000. The molecule has 0 bridgehead atoms. The molecule has 0 saturated carbocycles. The lowest BCUT2D eigenvalue weighted by atomic mass is 9.54. The van der Waals surface area contributed by atoms with Crippen LogP contribution < -0.4 is 9.80 Å². The van der Waals surface area contributed by atoms with Crippen LogP contribution >= 0.6 is 0 Å². The van der Waals surface area contributed by atoms with Crippen LogP contribution in [0.15, 0.2) is 491 Å². The Morgan fingerprint density at radius 1 is 0.176 bits per heavy atom. The van der Waals surface area contributed by atoms with Gasteiger partial charge >= 0.3 is 0 Å². The number of para-hydroxylation sites is 2. The molecule has 0 atom stereocenters. The van der Waals surface area contributed by atoms with Gasteiger partial charge in [0, 0.05) is 44.7 Å². The summed E-state index contributed by atoms with van der Waals surface area (Å²) in [4.78, 5) is 5.01. The summed E-state index contributed by atoms with van der Waals surface area (Å²) in [6.07, 6.45) is 0.763. The Labute approximate surface area is 767 Å². The molecule has 3 aliphatic rings. The third kappa shape index (κ3) is 13.0. The molecule has 0 saturated heterocycles. The van der Waals surface area contributed by atoms with Crippen molar-refractivity contribution in [2.45, 2.75) is 43.4 Å². The topological polar surface area (TPSA) is 6.48 Å². The highest BCUT2D eigenvalue weighted by Crippen LogP contribution is 2.64. The SMILES string of the molecule is CC1(C)c2ccccc2-c2cc(N(c3ccc(-c4cccc5c4ccc4ccccc45)cc3)c3ccccc3-c3ccccc3-c3ccccc3-c3cccc(CC4(C)c5ccccc5C5(c6ccccc6-c6cc(N(c7ccc(-c8cccc(-c9ccccc9)c8)cc7)c7ccccc7-c7ccccc7-c7ccccc7-c7ccccc7)ccc65)c5ccccc54)c3)ccc21. The molecule has 0 amide bonds. The lowest BCUT2D eigenvalue weighted by molar-refractivity contribution is 0.514. The molecule has 0 aliphatic heterocycles. The van der Waals surface area contributed by atoms with Crippen molar-refractivity contribution in [3.8, 4) is 122 Å². The van der Waals surface area contributed by atoms with Gasteiger partial charge in [-0.25, -0.2) is 0 Å². The largest absolute Gasteiger partial charge is 0.310 e. The zero-order chi connectivity index (χ0) is 87.3. The smallest absolute Gasteiger partial charge is 0.0719 e. The maximum Gasteiger partial charge on any atom is 0.0719 e. The highest BCUT2D eigenvalue weighted by molar-refractivity contribution is 6.12. The zero-order valence-electron chi connectivity index (χ0n) is 73.4. The molecule has 0 unspecified atom stereocenters. The Kier molecular flexibility index (Phi) is 19.1. The number of rotatable bonds is 17. The van der Waals surface area contributed by atoms with Gasteiger partial charge in [0.05, 0.1) is 16.8 Å². The van der Waals surface area contributed by atoms with E-state index in [0.29, 0.717) is 0 Å². The fraction of sp³-hybridized carbons (Fsp3) is 0.0543. The summed E-state index contributed by atoms with van der Waals surface area (Å²) in [5, 5.41) is 5.02. The Hall–Kier alpha value is -16.3. The van der Waals surface area contributed by atoms with E-state index in [1.54, 1.807) is 0 Å². The summed E-state index contributed by atoms with van der Waals surface area (Å²) in [5.41, 5.74) is 43.2. The predicted octanol–water partition coefficient (Wildman–Crippen LogP) is 34.5. The van der Waals surface area contributed by atoms with Crippen molar-refractivity contribution >= 4 is 55.7 Å². The normalized spacial score (nSPS) is 14.7. The van der Waals surface area contributed by atoms with Crippen molar-refractivity contribution in [2.75, 3.05) is 9.80 Å². The summed E-state index contributed by atoms with van der Waals surface area (Å²) in [7, 11) is 0. The van der Waals surface area contributed by atoms with Crippen molar-refractivity contribution in [1.29, 1.82) is 0 Å². The molecular formula is C129H92N2. The van der Waals surface area contributed by atoms with Gasteiger partial charge < -0.3 is 9.80 Å². The first-order valence-electron chi connectivity index (χ1n) is 45.9. The number of fused-ring (bicyclic) bond motifs is 15. The van der Waals surface area contributed by atoms with Gasteiger partial charge in [0.1, 0.15) is 0 Å². The lowest BCUT2D eigenvalue weighted by Crippen LogP contribution is -2.43. The number of hydrogen-bond acceptors (Lipinski definition) is 2. The molecule has 131 heavy (non-hydrogen) atoms. The first-order chi connectivity index (χ1) is 64.6. The summed E-state index contributed by atoms with van der Waals surface area (Å²) in [6, 6.07) is 184. The minimum Gasteiger partial charge on any atom is -0.310 e. The Morgan fingerprint density at radius 3 is 1.09 bits per heavy atom. The zero-order valence-corrected chi connectivity index (χ0v) is 73.4. The lowest BCUT2D eigenvalue weighted by Gasteiger charge is -2.48. The van der Waals surface area contributed by atoms with Crippen molar-refractivity contribution < 1.29 is 0 Å². The number of anilines is 6. The molecule has 618 valence electrons. The molecule has 3 aliphatic carbocycles. The van der Waals surface area contributed by atoms with E-state index in [1.165, 1.54) is 161 Å². The molecule has 0 radical (unpaired) electrons. The second-order valence-electron chi connectivity index (χ2n) is 36.2. The van der Waals surface area contributed by atoms with E-state index in [-0.39, 0.29) is 5.41 Å². The highest BCUT2D eigenvalue weighted by atomic mass is 15.2. The molecule has 2 nitrogen and oxygen atoms in total. The molecule has 1 spiro atoms. The average Bonchev–Trinajstić information content (AvgIpc) is 1.54. The molecule has 0 heterocycles. The summed E-state index contributed by atoms with van der Waals surface area (Å²) in [6.45, 7) is 7.25. The van der Waals surface area contributed by atoms with Crippen molar-refractivity contribution in [1.82, 2.24) is 0 Å². The third-order valence-electron chi connectivity index (χ3n) is 28.7. The van der Waals surface area contributed by atoms with E-state index < -0.39 is 10.8 Å². The van der Waals surface area contributed by atoms with Crippen LogP contribution in [0.25, 0.3) is 144 Å². The fourth-order valence-corrected chi connectivity index (χ4v) is 22.7. The second kappa shape index (κ2) is 31.9. The van der Waals surface area contributed by atoms with Gasteiger partial charge in [-0.15, -0.1) is 0 Å². The van der Waals surface area contributed by atoms with Gasteiger partial charge in [0.25, 0.3) is 0 Å². The second-order valence-corrected chi connectivity index (χ2v) is 36.2. The first-order valence-corrected chi connectivity index (χ1v) is 45.9. The molecule has 0 fully saturated rings. The van der Waals surface area contributed by atoms with E-state index in [2.05, 4.69) is 522 Å². The van der Waals surface area contributed by atoms with Gasteiger partial charge in [-0.3, -0.25) is 0 Å². The van der Waals surface area contributed by atoms with Crippen LogP contribution in [0.4, 0.5) is 34.1 Å². The molecule has 0 N–H and O–H groups in total. The fourth-order valence-electron chi connectivity index (χ4n) is 22.7. The monoisotopic (exact) mass is 1670 g/mol. The van der Waals surface area contributed by atoms with Gasteiger partial charge in [-0.2, -0.15) is 0 Å².